The highest BCUT2D eigenvalue weighted by Gasteiger charge is 1.96. The summed E-state index contributed by atoms with van der Waals surface area (Å²) in [4.78, 5) is 4.11. The maximum absolute atomic E-state index is 5.52. The minimum atomic E-state index is 0.669. The number of aromatic nitrogens is 1. The summed E-state index contributed by atoms with van der Waals surface area (Å²) >= 11 is 0. The molecule has 0 aliphatic heterocycles. The normalized spacial score (nSPS) is 10.2. The molecule has 4 heteroatoms. The highest BCUT2D eigenvalue weighted by atomic mass is 16.5. The van der Waals surface area contributed by atoms with Gasteiger partial charge in [0.15, 0.2) is 0 Å². The number of ether oxygens (including phenoxy) is 2. The van der Waals surface area contributed by atoms with Gasteiger partial charge in [0.2, 0.25) is 5.88 Å². The minimum absolute atomic E-state index is 0.669. The fourth-order valence-electron chi connectivity index (χ4n) is 1.82. The van der Waals surface area contributed by atoms with Gasteiger partial charge in [0.05, 0.1) is 13.7 Å². The molecule has 0 spiro atoms. The molecule has 1 heterocycles. The van der Waals surface area contributed by atoms with Gasteiger partial charge in [0.1, 0.15) is 5.75 Å². The van der Waals surface area contributed by atoms with Crippen LogP contribution in [0.25, 0.3) is 0 Å². The van der Waals surface area contributed by atoms with Crippen LogP contribution in [0.2, 0.25) is 0 Å². The summed E-state index contributed by atoms with van der Waals surface area (Å²) in [5, 5.41) is 3.38. The van der Waals surface area contributed by atoms with Crippen molar-refractivity contribution in [2.24, 2.45) is 0 Å². The molecule has 1 N–H and O–H groups in total. The number of nitrogens with zero attached hydrogens (tertiary/aromatic N) is 1. The standard InChI is InChI=1S/C16H20N2O2/c1-19-15-7-4-6-14(12-15)13-17-9-5-11-20-16-8-2-3-10-18-16/h2-4,6-8,10,12,17H,5,9,11,13H2,1H3. The molecular weight excluding hydrogens is 252 g/mol. The Morgan fingerprint density at radius 1 is 1.15 bits per heavy atom. The molecule has 106 valence electrons. The topological polar surface area (TPSA) is 43.4 Å². The van der Waals surface area contributed by atoms with Crippen LogP contribution >= 0.6 is 0 Å². The van der Waals surface area contributed by atoms with Crippen LogP contribution in [0.4, 0.5) is 0 Å². The average Bonchev–Trinajstić information content (AvgIpc) is 2.52. The molecule has 2 aromatic rings. The average molecular weight is 272 g/mol. The van der Waals surface area contributed by atoms with E-state index in [1.54, 1.807) is 13.3 Å². The Hall–Kier alpha value is -2.07. The molecule has 0 radical (unpaired) electrons. The van der Waals surface area contributed by atoms with E-state index in [4.69, 9.17) is 9.47 Å². The van der Waals surface area contributed by atoms with Gasteiger partial charge in [-0.25, -0.2) is 4.98 Å². The molecule has 1 aromatic carbocycles. The van der Waals surface area contributed by atoms with E-state index in [0.29, 0.717) is 12.5 Å². The number of hydrogen-bond donors (Lipinski definition) is 1. The van der Waals surface area contributed by atoms with Gasteiger partial charge in [-0.15, -0.1) is 0 Å². The monoisotopic (exact) mass is 272 g/mol. The van der Waals surface area contributed by atoms with Gasteiger partial charge in [-0.2, -0.15) is 0 Å². The molecule has 0 aliphatic rings. The summed E-state index contributed by atoms with van der Waals surface area (Å²) in [7, 11) is 1.68. The van der Waals surface area contributed by atoms with E-state index in [0.717, 1.165) is 25.3 Å². The third-order valence-corrected chi connectivity index (χ3v) is 2.85. The Bertz CT molecular complexity index is 503. The highest BCUT2D eigenvalue weighted by molar-refractivity contribution is 5.28. The van der Waals surface area contributed by atoms with Crippen molar-refractivity contribution in [2.45, 2.75) is 13.0 Å². The summed E-state index contributed by atoms with van der Waals surface area (Å²) in [6.45, 7) is 2.41. The molecular formula is C16H20N2O2. The lowest BCUT2D eigenvalue weighted by Gasteiger charge is -2.07. The first-order chi connectivity index (χ1) is 9.88. The van der Waals surface area contributed by atoms with Gasteiger partial charge in [-0.05, 0) is 36.7 Å². The molecule has 4 nitrogen and oxygen atoms in total. The second-order valence-electron chi connectivity index (χ2n) is 4.40. The van der Waals surface area contributed by atoms with Crippen LogP contribution in [0.15, 0.2) is 48.7 Å². The zero-order chi connectivity index (χ0) is 14.0. The van der Waals surface area contributed by atoms with Crippen molar-refractivity contribution < 1.29 is 9.47 Å². The first kappa shape index (κ1) is 14.3. The van der Waals surface area contributed by atoms with Crippen molar-refractivity contribution >= 4 is 0 Å². The smallest absolute Gasteiger partial charge is 0.213 e. The van der Waals surface area contributed by atoms with Crippen molar-refractivity contribution in [3.63, 3.8) is 0 Å². The van der Waals surface area contributed by atoms with Gasteiger partial charge < -0.3 is 14.8 Å². The van der Waals surface area contributed by atoms with E-state index in [2.05, 4.69) is 16.4 Å². The van der Waals surface area contributed by atoms with Crippen molar-refractivity contribution in [3.8, 4) is 11.6 Å². The number of rotatable bonds is 8. The fraction of sp³-hybridized carbons (Fsp3) is 0.312. The first-order valence-electron chi connectivity index (χ1n) is 6.76. The predicted octanol–water partition coefficient (Wildman–Crippen LogP) is 2.65. The Balaban J connectivity index is 1.59. The molecule has 0 aliphatic carbocycles. The number of methoxy groups -OCH3 is 1. The second kappa shape index (κ2) is 8.17. The van der Waals surface area contributed by atoms with E-state index < -0.39 is 0 Å². The highest BCUT2D eigenvalue weighted by Crippen LogP contribution is 2.12. The van der Waals surface area contributed by atoms with Crippen molar-refractivity contribution in [3.05, 3.63) is 54.2 Å². The van der Waals surface area contributed by atoms with Gasteiger partial charge in [-0.3, -0.25) is 0 Å². The summed E-state index contributed by atoms with van der Waals surface area (Å²) < 4.78 is 10.7. The Morgan fingerprint density at radius 2 is 2.10 bits per heavy atom. The Morgan fingerprint density at radius 3 is 2.90 bits per heavy atom. The maximum Gasteiger partial charge on any atom is 0.213 e. The minimum Gasteiger partial charge on any atom is -0.497 e. The van der Waals surface area contributed by atoms with Gasteiger partial charge in [0.25, 0.3) is 0 Å². The van der Waals surface area contributed by atoms with Crippen LogP contribution in [0, 0.1) is 0 Å². The molecule has 0 fully saturated rings. The van der Waals surface area contributed by atoms with Crippen LogP contribution in [-0.2, 0) is 6.54 Å². The molecule has 0 saturated heterocycles. The second-order valence-corrected chi connectivity index (χ2v) is 4.40. The lowest BCUT2D eigenvalue weighted by molar-refractivity contribution is 0.296. The molecule has 0 amide bonds. The molecule has 0 unspecified atom stereocenters. The van der Waals surface area contributed by atoms with Crippen LogP contribution in [0.5, 0.6) is 11.6 Å². The fourth-order valence-corrected chi connectivity index (χ4v) is 1.82. The summed E-state index contributed by atoms with van der Waals surface area (Å²) in [5.41, 5.74) is 1.22. The quantitative estimate of drug-likeness (QED) is 0.750. The van der Waals surface area contributed by atoms with E-state index in [9.17, 15) is 0 Å². The molecule has 0 bridgehead atoms. The first-order valence-corrected chi connectivity index (χ1v) is 6.76. The van der Waals surface area contributed by atoms with Gasteiger partial charge >= 0.3 is 0 Å². The van der Waals surface area contributed by atoms with Gasteiger partial charge in [-0.1, -0.05) is 18.2 Å². The van der Waals surface area contributed by atoms with Gasteiger partial charge in [0, 0.05) is 18.8 Å². The van der Waals surface area contributed by atoms with Crippen molar-refractivity contribution in [1.29, 1.82) is 0 Å². The summed E-state index contributed by atoms with van der Waals surface area (Å²) in [6.07, 6.45) is 2.68. The van der Waals surface area contributed by atoms with E-state index >= 15 is 0 Å². The molecule has 1 aromatic heterocycles. The van der Waals surface area contributed by atoms with E-state index in [1.165, 1.54) is 5.56 Å². The predicted molar refractivity (Wildman–Crippen MR) is 79.0 cm³/mol. The third-order valence-electron chi connectivity index (χ3n) is 2.85. The largest absolute Gasteiger partial charge is 0.497 e. The van der Waals surface area contributed by atoms with Crippen LogP contribution in [0.1, 0.15) is 12.0 Å². The number of nitrogens with one attached hydrogen (secondary N) is 1. The number of hydrogen-bond acceptors (Lipinski definition) is 4. The third kappa shape index (κ3) is 4.90. The van der Waals surface area contributed by atoms with Crippen LogP contribution < -0.4 is 14.8 Å². The van der Waals surface area contributed by atoms with Crippen molar-refractivity contribution in [1.82, 2.24) is 10.3 Å². The molecule has 0 saturated carbocycles. The molecule has 20 heavy (non-hydrogen) atoms. The number of benzene rings is 1. The summed E-state index contributed by atoms with van der Waals surface area (Å²) in [6, 6.07) is 13.7. The lowest BCUT2D eigenvalue weighted by Crippen LogP contribution is -2.17. The van der Waals surface area contributed by atoms with Crippen molar-refractivity contribution in [2.75, 3.05) is 20.3 Å². The van der Waals surface area contributed by atoms with E-state index in [-0.39, 0.29) is 0 Å². The maximum atomic E-state index is 5.52. The van der Waals surface area contributed by atoms with Crippen LogP contribution in [-0.4, -0.2) is 25.2 Å². The molecule has 2 rings (SSSR count). The zero-order valence-electron chi connectivity index (χ0n) is 11.7. The Labute approximate surface area is 119 Å². The number of pyridine rings is 1. The zero-order valence-corrected chi connectivity index (χ0v) is 11.7. The summed E-state index contributed by atoms with van der Waals surface area (Å²) in [5.74, 6) is 1.57. The molecule has 0 atom stereocenters. The lowest BCUT2D eigenvalue weighted by atomic mass is 10.2. The van der Waals surface area contributed by atoms with E-state index in [1.807, 2.05) is 36.4 Å². The van der Waals surface area contributed by atoms with Crippen LogP contribution in [0.3, 0.4) is 0 Å². The Kier molecular flexibility index (Phi) is 5.86. The SMILES string of the molecule is COc1cccc(CNCCCOc2ccccn2)c1.